The molecule has 0 unspecified atom stereocenters. The highest BCUT2D eigenvalue weighted by molar-refractivity contribution is 5.92. The number of hydrazine groups is 1. The van der Waals surface area contributed by atoms with E-state index < -0.39 is 0 Å². The molecule has 1 rings (SSSR count). The molecule has 4 heteroatoms. The molecule has 1 aromatic heterocycles. The van der Waals surface area contributed by atoms with Gasteiger partial charge in [-0.05, 0) is 18.6 Å². The van der Waals surface area contributed by atoms with Gasteiger partial charge in [-0.25, -0.2) is 5.84 Å². The first-order valence-corrected chi connectivity index (χ1v) is 3.95. The number of carbonyl (C=O) groups excluding carboxylic acids is 1. The number of carbonyl (C=O) groups is 1. The number of hydrogen-bond acceptors (Lipinski definition) is 2. The molecular weight excluding hydrogens is 154 g/mol. The summed E-state index contributed by atoms with van der Waals surface area (Å²) in [6.45, 7) is 2.90. The van der Waals surface area contributed by atoms with E-state index in [9.17, 15) is 4.79 Å². The monoisotopic (exact) mass is 167 g/mol. The minimum absolute atomic E-state index is 0.242. The van der Waals surface area contributed by atoms with Gasteiger partial charge in [-0.15, -0.1) is 0 Å². The van der Waals surface area contributed by atoms with E-state index >= 15 is 0 Å². The normalized spacial score (nSPS) is 9.83. The van der Waals surface area contributed by atoms with Gasteiger partial charge in [0.2, 0.25) is 0 Å². The number of aryl methyl sites for hydroxylation is 1. The maximum Gasteiger partial charge on any atom is 0.281 e. The zero-order valence-electron chi connectivity index (χ0n) is 7.08. The molecule has 0 bridgehead atoms. The Bertz CT molecular complexity index is 267. The van der Waals surface area contributed by atoms with Gasteiger partial charge in [-0.2, -0.15) is 0 Å². The fourth-order valence-electron chi connectivity index (χ4n) is 1.13. The Hall–Kier alpha value is -1.29. The Balaban J connectivity index is 2.83. The maximum atomic E-state index is 11.1. The van der Waals surface area contributed by atoms with E-state index in [0.29, 0.717) is 5.69 Å². The molecule has 0 aliphatic heterocycles. The third-order valence-electron chi connectivity index (χ3n) is 1.66. The summed E-state index contributed by atoms with van der Waals surface area (Å²) in [6.07, 6.45) is 2.87. The summed E-state index contributed by atoms with van der Waals surface area (Å²) >= 11 is 0. The molecule has 0 aliphatic rings. The molecule has 66 valence electrons. The quantitative estimate of drug-likeness (QED) is 0.391. The standard InChI is InChI=1S/C8H13N3O/c1-2-5-11-6-3-4-7(11)8(12)10-9/h3-4,6H,2,5,9H2,1H3,(H,10,12). The average molecular weight is 167 g/mol. The average Bonchev–Trinajstić information content (AvgIpc) is 2.52. The Labute approximate surface area is 71.3 Å². The van der Waals surface area contributed by atoms with Crippen LogP contribution in [-0.2, 0) is 6.54 Å². The molecule has 0 atom stereocenters. The minimum atomic E-state index is -0.242. The van der Waals surface area contributed by atoms with Crippen molar-refractivity contribution < 1.29 is 4.79 Å². The molecule has 4 nitrogen and oxygen atoms in total. The van der Waals surface area contributed by atoms with Crippen LogP contribution in [0.4, 0.5) is 0 Å². The number of nitrogens with one attached hydrogen (secondary N) is 1. The van der Waals surface area contributed by atoms with Crippen LogP contribution < -0.4 is 11.3 Å². The molecule has 0 aromatic carbocycles. The van der Waals surface area contributed by atoms with Gasteiger partial charge in [0.1, 0.15) is 5.69 Å². The molecule has 0 radical (unpaired) electrons. The summed E-state index contributed by atoms with van der Waals surface area (Å²) in [6, 6.07) is 3.58. The number of nitrogens with two attached hydrogens (primary N) is 1. The SMILES string of the molecule is CCCn1cccc1C(=O)NN. The fourth-order valence-corrected chi connectivity index (χ4v) is 1.13. The summed E-state index contributed by atoms with van der Waals surface area (Å²) in [5.41, 5.74) is 2.72. The van der Waals surface area contributed by atoms with Crippen molar-refractivity contribution in [3.8, 4) is 0 Å². The summed E-state index contributed by atoms with van der Waals surface area (Å²) in [4.78, 5) is 11.1. The first kappa shape index (κ1) is 8.80. The third kappa shape index (κ3) is 1.65. The molecule has 1 amide bonds. The van der Waals surface area contributed by atoms with Crippen molar-refractivity contribution in [1.29, 1.82) is 0 Å². The molecule has 12 heavy (non-hydrogen) atoms. The van der Waals surface area contributed by atoms with Gasteiger partial charge < -0.3 is 4.57 Å². The topological polar surface area (TPSA) is 60.0 Å². The van der Waals surface area contributed by atoms with Crippen molar-refractivity contribution in [1.82, 2.24) is 9.99 Å². The van der Waals surface area contributed by atoms with Gasteiger partial charge in [-0.1, -0.05) is 6.92 Å². The van der Waals surface area contributed by atoms with Gasteiger partial charge in [-0.3, -0.25) is 10.2 Å². The summed E-state index contributed by atoms with van der Waals surface area (Å²) in [7, 11) is 0. The highest BCUT2D eigenvalue weighted by atomic mass is 16.2. The Morgan fingerprint density at radius 2 is 2.50 bits per heavy atom. The van der Waals surface area contributed by atoms with Crippen molar-refractivity contribution >= 4 is 5.91 Å². The number of aromatic nitrogens is 1. The van der Waals surface area contributed by atoms with E-state index in [4.69, 9.17) is 5.84 Å². The lowest BCUT2D eigenvalue weighted by atomic mass is 10.4. The zero-order valence-corrected chi connectivity index (χ0v) is 7.08. The Morgan fingerprint density at radius 1 is 1.75 bits per heavy atom. The Kier molecular flexibility index (Phi) is 2.88. The number of amides is 1. The van der Waals surface area contributed by atoms with Crippen LogP contribution in [0.2, 0.25) is 0 Å². The van der Waals surface area contributed by atoms with Crippen LogP contribution in [0, 0.1) is 0 Å². The lowest BCUT2D eigenvalue weighted by molar-refractivity contribution is 0.0944. The molecule has 0 spiro atoms. The van der Waals surface area contributed by atoms with E-state index in [1.807, 2.05) is 16.8 Å². The fraction of sp³-hybridized carbons (Fsp3) is 0.375. The van der Waals surface area contributed by atoms with E-state index in [0.717, 1.165) is 13.0 Å². The number of nitrogens with zero attached hydrogens (tertiary/aromatic N) is 1. The smallest absolute Gasteiger partial charge is 0.281 e. The minimum Gasteiger partial charge on any atom is -0.344 e. The third-order valence-corrected chi connectivity index (χ3v) is 1.66. The molecule has 0 aliphatic carbocycles. The van der Waals surface area contributed by atoms with Gasteiger partial charge in [0.25, 0.3) is 5.91 Å². The van der Waals surface area contributed by atoms with E-state index in [-0.39, 0.29) is 5.91 Å². The summed E-state index contributed by atoms with van der Waals surface area (Å²) in [5, 5.41) is 0. The molecule has 0 fully saturated rings. The lowest BCUT2D eigenvalue weighted by Gasteiger charge is -2.05. The Morgan fingerprint density at radius 3 is 3.08 bits per heavy atom. The van der Waals surface area contributed by atoms with E-state index in [2.05, 4.69) is 12.3 Å². The number of hydrogen-bond donors (Lipinski definition) is 2. The van der Waals surface area contributed by atoms with E-state index in [1.54, 1.807) is 6.07 Å². The summed E-state index contributed by atoms with van der Waals surface area (Å²) < 4.78 is 1.88. The van der Waals surface area contributed by atoms with Crippen LogP contribution >= 0.6 is 0 Å². The van der Waals surface area contributed by atoms with Gasteiger partial charge in [0.15, 0.2) is 0 Å². The van der Waals surface area contributed by atoms with Crippen molar-refractivity contribution in [3.05, 3.63) is 24.0 Å². The van der Waals surface area contributed by atoms with Crippen LogP contribution in [0.15, 0.2) is 18.3 Å². The predicted molar refractivity (Wildman–Crippen MR) is 46.4 cm³/mol. The number of rotatable bonds is 3. The first-order valence-electron chi connectivity index (χ1n) is 3.95. The highest BCUT2D eigenvalue weighted by Gasteiger charge is 2.07. The highest BCUT2D eigenvalue weighted by Crippen LogP contribution is 2.02. The second-order valence-corrected chi connectivity index (χ2v) is 2.56. The maximum absolute atomic E-state index is 11.1. The van der Waals surface area contributed by atoms with Crippen LogP contribution in [0.3, 0.4) is 0 Å². The van der Waals surface area contributed by atoms with E-state index in [1.165, 1.54) is 0 Å². The van der Waals surface area contributed by atoms with Crippen LogP contribution in [0.5, 0.6) is 0 Å². The van der Waals surface area contributed by atoms with Crippen molar-refractivity contribution in [2.45, 2.75) is 19.9 Å². The summed E-state index contributed by atoms with van der Waals surface area (Å²) in [5.74, 6) is 4.77. The van der Waals surface area contributed by atoms with Crippen molar-refractivity contribution in [2.75, 3.05) is 0 Å². The second-order valence-electron chi connectivity index (χ2n) is 2.56. The first-order chi connectivity index (χ1) is 5.79. The predicted octanol–water partition coefficient (Wildman–Crippen LogP) is 0.502. The molecule has 3 N–H and O–H groups in total. The van der Waals surface area contributed by atoms with Crippen molar-refractivity contribution in [2.24, 2.45) is 5.84 Å². The van der Waals surface area contributed by atoms with Crippen LogP contribution in [0.1, 0.15) is 23.8 Å². The van der Waals surface area contributed by atoms with Crippen LogP contribution in [-0.4, -0.2) is 10.5 Å². The van der Waals surface area contributed by atoms with Gasteiger partial charge in [0.05, 0.1) is 0 Å². The molecule has 1 aromatic rings. The van der Waals surface area contributed by atoms with Crippen molar-refractivity contribution in [3.63, 3.8) is 0 Å². The molecule has 0 saturated heterocycles. The largest absolute Gasteiger partial charge is 0.344 e. The van der Waals surface area contributed by atoms with Gasteiger partial charge >= 0.3 is 0 Å². The van der Waals surface area contributed by atoms with Gasteiger partial charge in [0, 0.05) is 12.7 Å². The van der Waals surface area contributed by atoms with Crippen LogP contribution in [0.25, 0.3) is 0 Å². The molecule has 1 heterocycles. The lowest BCUT2D eigenvalue weighted by Crippen LogP contribution is -2.31. The molecule has 0 saturated carbocycles. The second kappa shape index (κ2) is 3.92. The molecular formula is C8H13N3O. The number of nitrogen functional groups attached to an aromatic ring is 1. The zero-order chi connectivity index (χ0) is 8.97.